The van der Waals surface area contributed by atoms with E-state index in [4.69, 9.17) is 28.5 Å². The highest BCUT2D eigenvalue weighted by Crippen LogP contribution is 2.31. The van der Waals surface area contributed by atoms with E-state index in [1.165, 1.54) is 4.57 Å². The molecule has 8 N–H and O–H groups in total. The minimum Gasteiger partial charge on any atom is -0.370 e. The molecule has 45 heavy (non-hydrogen) atoms. The van der Waals surface area contributed by atoms with E-state index in [-0.39, 0.29) is 23.1 Å². The second-order valence-corrected chi connectivity index (χ2v) is 11.6. The fourth-order valence-corrected chi connectivity index (χ4v) is 5.41. The van der Waals surface area contributed by atoms with Gasteiger partial charge in [0.2, 0.25) is 0 Å². The molecule has 2 atom stereocenters. The topological polar surface area (TPSA) is 181 Å². The molecule has 0 unspecified atom stereocenters. The van der Waals surface area contributed by atoms with Gasteiger partial charge >= 0.3 is 5.69 Å². The van der Waals surface area contributed by atoms with Crippen molar-refractivity contribution in [1.29, 1.82) is 5.41 Å². The van der Waals surface area contributed by atoms with Gasteiger partial charge in [0.15, 0.2) is 11.8 Å². The maximum absolute atomic E-state index is 15.1. The molecule has 0 aliphatic heterocycles. The lowest BCUT2D eigenvalue weighted by Crippen LogP contribution is -2.38. The lowest BCUT2D eigenvalue weighted by atomic mass is 10.0. The first-order valence-electron chi connectivity index (χ1n) is 14.8. The number of nitrogens with one attached hydrogen (secondary N) is 4. The number of hydrogen-bond acceptors (Lipinski definition) is 7. The highest BCUT2D eigenvalue weighted by Gasteiger charge is 2.16. The Hall–Kier alpha value is -4.59. The molecule has 0 fully saturated rings. The molecule has 14 heteroatoms. The number of halogens is 2. The molecular weight excluding hydrogens is 597 g/mol. The summed E-state index contributed by atoms with van der Waals surface area (Å²) in [6.45, 7) is 3.68. The van der Waals surface area contributed by atoms with E-state index in [0.717, 1.165) is 30.4 Å². The highest BCUT2D eigenvalue weighted by molar-refractivity contribution is 6.31. The smallest absolute Gasteiger partial charge is 0.354 e. The van der Waals surface area contributed by atoms with Gasteiger partial charge in [0.1, 0.15) is 5.65 Å². The predicted molar refractivity (Wildman–Crippen MR) is 174 cm³/mol. The van der Waals surface area contributed by atoms with Crippen LogP contribution in [-0.4, -0.2) is 54.1 Å². The average Bonchev–Trinajstić information content (AvgIpc) is 3.66. The van der Waals surface area contributed by atoms with Gasteiger partial charge in [-0.3, -0.25) is 14.7 Å². The normalized spacial score (nSPS) is 12.8. The Bertz CT molecular complexity index is 1800. The number of benzene rings is 2. The van der Waals surface area contributed by atoms with E-state index in [0.29, 0.717) is 54.0 Å². The lowest BCUT2D eigenvalue weighted by Gasteiger charge is -2.19. The minimum absolute atomic E-state index is 0.0431. The quantitative estimate of drug-likeness (QED) is 0.0794. The molecule has 0 aliphatic carbocycles. The van der Waals surface area contributed by atoms with Crippen molar-refractivity contribution in [1.82, 2.24) is 40.2 Å². The Morgan fingerprint density at radius 2 is 1.98 bits per heavy atom. The number of rotatable bonds is 14. The van der Waals surface area contributed by atoms with Crippen molar-refractivity contribution in [2.45, 2.75) is 57.8 Å². The van der Waals surface area contributed by atoms with Gasteiger partial charge in [0, 0.05) is 48.5 Å². The van der Waals surface area contributed by atoms with E-state index < -0.39 is 11.5 Å². The number of aryl methyl sites for hydroxylation is 1. The molecule has 0 saturated heterocycles. The van der Waals surface area contributed by atoms with Gasteiger partial charge in [0.05, 0.1) is 29.1 Å². The molecule has 5 rings (SSSR count). The molecule has 236 valence electrons. The summed E-state index contributed by atoms with van der Waals surface area (Å²) >= 11 is 6.25. The van der Waals surface area contributed by atoms with E-state index >= 15 is 4.39 Å². The Kier molecular flexibility index (Phi) is 10.2. The van der Waals surface area contributed by atoms with Crippen LogP contribution in [0.25, 0.3) is 28.0 Å². The zero-order chi connectivity index (χ0) is 31.9. The van der Waals surface area contributed by atoms with Crippen molar-refractivity contribution in [2.24, 2.45) is 11.5 Å². The van der Waals surface area contributed by atoms with Crippen molar-refractivity contribution in [3.63, 3.8) is 0 Å². The van der Waals surface area contributed by atoms with Gasteiger partial charge in [0.25, 0.3) is 0 Å². The SMILES string of the molecule is C[C@H](N)CCCc1cc(Cl)c(F)c(-c2cc3cn(-c4ccc(CN[C@H](CCNC(=N)N)Cn5ccnn5)cc4)c(=O)nc3[nH]2)c1. The fourth-order valence-electron chi connectivity index (χ4n) is 5.17. The first-order chi connectivity index (χ1) is 21.7. The molecular formula is C31H37ClFN11O. The van der Waals surface area contributed by atoms with Crippen molar-refractivity contribution in [3.8, 4) is 16.9 Å². The predicted octanol–water partition coefficient (Wildman–Crippen LogP) is 3.47. The number of guanidine groups is 1. The van der Waals surface area contributed by atoms with Crippen LogP contribution < -0.4 is 27.8 Å². The Balaban J connectivity index is 1.31. The van der Waals surface area contributed by atoms with Crippen LogP contribution in [0.15, 0.2) is 65.8 Å². The van der Waals surface area contributed by atoms with Gasteiger partial charge in [-0.25, -0.2) is 9.18 Å². The second kappa shape index (κ2) is 14.5. The molecule has 3 heterocycles. The number of nitrogens with zero attached hydrogens (tertiary/aromatic N) is 5. The third-order valence-corrected chi connectivity index (χ3v) is 7.78. The summed E-state index contributed by atoms with van der Waals surface area (Å²) in [4.78, 5) is 20.3. The van der Waals surface area contributed by atoms with E-state index in [1.807, 2.05) is 31.2 Å². The Labute approximate surface area is 264 Å². The molecule has 2 aromatic carbocycles. The molecule has 0 aliphatic rings. The molecule has 3 aromatic heterocycles. The van der Waals surface area contributed by atoms with Gasteiger partial charge in [-0.05, 0) is 74.1 Å². The lowest BCUT2D eigenvalue weighted by molar-refractivity contribution is 0.397. The number of nitrogens with two attached hydrogens (primary N) is 2. The maximum Gasteiger partial charge on any atom is 0.354 e. The molecule has 0 saturated carbocycles. The van der Waals surface area contributed by atoms with Crippen LogP contribution in [0.5, 0.6) is 0 Å². The monoisotopic (exact) mass is 633 g/mol. The summed E-state index contributed by atoms with van der Waals surface area (Å²) < 4.78 is 18.3. The summed E-state index contributed by atoms with van der Waals surface area (Å²) in [5.41, 5.74) is 14.6. The van der Waals surface area contributed by atoms with Gasteiger partial charge in [-0.1, -0.05) is 28.9 Å². The third-order valence-electron chi connectivity index (χ3n) is 7.51. The Morgan fingerprint density at radius 1 is 1.18 bits per heavy atom. The molecule has 0 radical (unpaired) electrons. The standard InChI is InChI=1S/C31H37ClFN11O/c1-19(34)3-2-4-21-13-25(28(33)26(32)14-21)27-15-22-17-44(31(45)41-29(22)40-27)24-7-5-20(6-8-24)16-38-23(9-10-37-30(35)36)18-43-12-11-39-42-43/h5-8,11-15,17,19,23,38H,2-4,9-10,16,18,34H2,1H3,(H4,35,36,37)(H,40,41,45)/t19-,23+/m0/s1. The average molecular weight is 634 g/mol. The molecule has 0 amide bonds. The highest BCUT2D eigenvalue weighted by atomic mass is 35.5. The second-order valence-electron chi connectivity index (χ2n) is 11.2. The minimum atomic E-state index is -0.530. The largest absolute Gasteiger partial charge is 0.370 e. The maximum atomic E-state index is 15.1. The van der Waals surface area contributed by atoms with Gasteiger partial charge in [-0.2, -0.15) is 4.98 Å². The van der Waals surface area contributed by atoms with Crippen LogP contribution in [0.1, 0.15) is 37.3 Å². The third kappa shape index (κ3) is 8.32. The first kappa shape index (κ1) is 31.8. The molecule has 0 spiro atoms. The number of fused-ring (bicyclic) bond motifs is 1. The number of aromatic amines is 1. The van der Waals surface area contributed by atoms with E-state index in [1.54, 1.807) is 41.5 Å². The summed E-state index contributed by atoms with van der Waals surface area (Å²) in [7, 11) is 0. The number of hydrogen-bond donors (Lipinski definition) is 6. The van der Waals surface area contributed by atoms with E-state index in [9.17, 15) is 4.79 Å². The van der Waals surface area contributed by atoms with Crippen LogP contribution in [0, 0.1) is 11.2 Å². The zero-order valence-corrected chi connectivity index (χ0v) is 25.7. The zero-order valence-electron chi connectivity index (χ0n) is 24.9. The summed E-state index contributed by atoms with van der Waals surface area (Å²) in [6.07, 6.45) is 8.28. The van der Waals surface area contributed by atoms with Gasteiger partial charge in [-0.15, -0.1) is 5.10 Å². The van der Waals surface area contributed by atoms with Crippen LogP contribution in [-0.2, 0) is 19.5 Å². The van der Waals surface area contributed by atoms with Crippen LogP contribution in [0.3, 0.4) is 0 Å². The summed E-state index contributed by atoms with van der Waals surface area (Å²) in [6, 6.07) is 12.9. The molecule has 5 aromatic rings. The summed E-state index contributed by atoms with van der Waals surface area (Å²) in [5, 5.41) is 22.3. The number of H-pyrrole nitrogens is 1. The van der Waals surface area contributed by atoms with Crippen LogP contribution >= 0.6 is 11.6 Å². The van der Waals surface area contributed by atoms with Gasteiger partial charge < -0.3 is 27.1 Å². The fraction of sp³-hybridized carbons (Fsp3) is 0.323. The van der Waals surface area contributed by atoms with Crippen molar-refractivity contribution < 1.29 is 4.39 Å². The van der Waals surface area contributed by atoms with Crippen LogP contribution in [0.2, 0.25) is 5.02 Å². The van der Waals surface area contributed by atoms with Crippen LogP contribution in [0.4, 0.5) is 4.39 Å². The molecule has 0 bridgehead atoms. The van der Waals surface area contributed by atoms with Crippen molar-refractivity contribution in [3.05, 3.63) is 93.5 Å². The van der Waals surface area contributed by atoms with Crippen molar-refractivity contribution in [2.75, 3.05) is 6.54 Å². The first-order valence-corrected chi connectivity index (χ1v) is 15.1. The number of aromatic nitrogens is 6. The van der Waals surface area contributed by atoms with E-state index in [2.05, 4.69) is 30.9 Å². The molecule has 12 nitrogen and oxygen atoms in total. The van der Waals surface area contributed by atoms with Crippen molar-refractivity contribution >= 4 is 28.6 Å². The Morgan fingerprint density at radius 3 is 2.69 bits per heavy atom. The summed E-state index contributed by atoms with van der Waals surface area (Å²) in [5.74, 6) is -0.601.